The maximum absolute atomic E-state index is 13.0. The van der Waals surface area contributed by atoms with Gasteiger partial charge >= 0.3 is 5.97 Å². The summed E-state index contributed by atoms with van der Waals surface area (Å²) in [6.07, 6.45) is -0.396. The summed E-state index contributed by atoms with van der Waals surface area (Å²) in [6.45, 7) is -0.122. The van der Waals surface area contributed by atoms with Crippen LogP contribution in [0.15, 0.2) is 12.1 Å². The predicted molar refractivity (Wildman–Crippen MR) is 52.1 cm³/mol. The van der Waals surface area contributed by atoms with Gasteiger partial charge in [0.15, 0.2) is 11.6 Å². The Balaban J connectivity index is 3.13. The quantitative estimate of drug-likeness (QED) is 0.726. The van der Waals surface area contributed by atoms with E-state index >= 15 is 0 Å². The number of carboxylic acid groups (broad SMARTS) is 1. The van der Waals surface area contributed by atoms with E-state index in [9.17, 15) is 18.7 Å². The molecular formula is C10H11F2NO3. The smallest absolute Gasteiger partial charge is 0.304 e. The lowest BCUT2D eigenvalue weighted by Gasteiger charge is -2.14. The summed E-state index contributed by atoms with van der Waals surface area (Å²) in [4.78, 5) is 10.5. The van der Waals surface area contributed by atoms with Gasteiger partial charge in [0.25, 0.3) is 0 Å². The third-order valence-corrected chi connectivity index (χ3v) is 2.20. The van der Waals surface area contributed by atoms with Crippen molar-refractivity contribution in [2.45, 2.75) is 12.3 Å². The zero-order valence-corrected chi connectivity index (χ0v) is 8.28. The van der Waals surface area contributed by atoms with Crippen molar-refractivity contribution in [2.75, 3.05) is 6.54 Å². The number of rotatable bonds is 4. The van der Waals surface area contributed by atoms with Crippen LogP contribution in [0.5, 0.6) is 5.75 Å². The average molecular weight is 231 g/mol. The molecule has 0 saturated heterocycles. The van der Waals surface area contributed by atoms with Crippen LogP contribution in [0.1, 0.15) is 17.9 Å². The van der Waals surface area contributed by atoms with Crippen molar-refractivity contribution in [1.82, 2.24) is 0 Å². The number of hydrogen-bond donors (Lipinski definition) is 3. The Labute approximate surface area is 90.3 Å². The second-order valence-corrected chi connectivity index (χ2v) is 3.36. The monoisotopic (exact) mass is 231 g/mol. The van der Waals surface area contributed by atoms with Gasteiger partial charge in [0.05, 0.1) is 6.42 Å². The number of carbonyl (C=O) groups is 1. The molecule has 1 aromatic carbocycles. The van der Waals surface area contributed by atoms with Gasteiger partial charge in [-0.1, -0.05) is 0 Å². The molecule has 0 aliphatic carbocycles. The Morgan fingerprint density at radius 1 is 1.44 bits per heavy atom. The van der Waals surface area contributed by atoms with E-state index < -0.39 is 35.7 Å². The van der Waals surface area contributed by atoms with Crippen molar-refractivity contribution < 1.29 is 23.8 Å². The second kappa shape index (κ2) is 4.89. The van der Waals surface area contributed by atoms with Crippen LogP contribution in [0.4, 0.5) is 8.78 Å². The molecule has 0 saturated carbocycles. The third-order valence-electron chi connectivity index (χ3n) is 2.20. The number of hydrogen-bond acceptors (Lipinski definition) is 3. The van der Waals surface area contributed by atoms with Gasteiger partial charge in [0.1, 0.15) is 5.82 Å². The van der Waals surface area contributed by atoms with Crippen LogP contribution in [0.3, 0.4) is 0 Å². The fraction of sp³-hybridized carbons (Fsp3) is 0.300. The summed E-state index contributed by atoms with van der Waals surface area (Å²) < 4.78 is 25.9. The second-order valence-electron chi connectivity index (χ2n) is 3.36. The van der Waals surface area contributed by atoms with Crippen molar-refractivity contribution in [3.8, 4) is 5.75 Å². The van der Waals surface area contributed by atoms with Crippen LogP contribution in [0.25, 0.3) is 0 Å². The summed E-state index contributed by atoms with van der Waals surface area (Å²) in [5.74, 6) is -4.73. The molecule has 0 heterocycles. The molecule has 0 bridgehead atoms. The van der Waals surface area contributed by atoms with Crippen LogP contribution >= 0.6 is 0 Å². The standard InChI is InChI=1S/C10H11F2NO3/c11-6-2-7(10(16)8(12)3-6)5(4-13)1-9(14)15/h2-3,5,16H,1,4,13H2,(H,14,15). The molecule has 0 spiro atoms. The number of carboxylic acids is 1. The molecule has 4 N–H and O–H groups in total. The van der Waals surface area contributed by atoms with Crippen molar-refractivity contribution >= 4 is 5.97 Å². The molecule has 1 rings (SSSR count). The first kappa shape index (κ1) is 12.4. The molecule has 6 heteroatoms. The van der Waals surface area contributed by atoms with Crippen molar-refractivity contribution in [3.63, 3.8) is 0 Å². The highest BCUT2D eigenvalue weighted by Crippen LogP contribution is 2.30. The molecule has 88 valence electrons. The molecule has 1 atom stereocenters. The minimum absolute atomic E-state index is 0.122. The summed E-state index contributed by atoms with van der Waals surface area (Å²) >= 11 is 0. The van der Waals surface area contributed by atoms with E-state index in [2.05, 4.69) is 0 Å². The van der Waals surface area contributed by atoms with Gasteiger partial charge < -0.3 is 15.9 Å². The summed E-state index contributed by atoms with van der Waals surface area (Å²) in [5, 5.41) is 17.9. The van der Waals surface area contributed by atoms with Crippen molar-refractivity contribution in [1.29, 1.82) is 0 Å². The number of halogens is 2. The summed E-state index contributed by atoms with van der Waals surface area (Å²) in [7, 11) is 0. The van der Waals surface area contributed by atoms with E-state index in [1.54, 1.807) is 0 Å². The zero-order valence-electron chi connectivity index (χ0n) is 8.28. The molecule has 0 amide bonds. The zero-order chi connectivity index (χ0) is 12.3. The molecule has 0 aliphatic rings. The van der Waals surface area contributed by atoms with E-state index in [1.807, 2.05) is 0 Å². The number of phenols is 1. The largest absolute Gasteiger partial charge is 0.505 e. The SMILES string of the molecule is NCC(CC(=O)O)c1cc(F)cc(F)c1O. The maximum Gasteiger partial charge on any atom is 0.304 e. The molecule has 0 radical (unpaired) electrons. The van der Waals surface area contributed by atoms with E-state index in [4.69, 9.17) is 10.8 Å². The van der Waals surface area contributed by atoms with Gasteiger partial charge in [-0.25, -0.2) is 8.78 Å². The van der Waals surface area contributed by atoms with Crippen molar-refractivity contribution in [2.24, 2.45) is 5.73 Å². The molecule has 1 unspecified atom stereocenters. The van der Waals surface area contributed by atoms with Gasteiger partial charge in [-0.2, -0.15) is 0 Å². The Kier molecular flexibility index (Phi) is 3.78. The number of phenolic OH excluding ortho intramolecular Hbond substituents is 1. The molecule has 0 fully saturated rings. The fourth-order valence-electron chi connectivity index (χ4n) is 1.43. The Morgan fingerprint density at radius 3 is 2.56 bits per heavy atom. The highest BCUT2D eigenvalue weighted by Gasteiger charge is 2.20. The van der Waals surface area contributed by atoms with Crippen LogP contribution in [-0.4, -0.2) is 22.7 Å². The van der Waals surface area contributed by atoms with Crippen LogP contribution < -0.4 is 5.73 Å². The minimum Gasteiger partial charge on any atom is -0.505 e. The Bertz CT molecular complexity index is 409. The lowest BCUT2D eigenvalue weighted by atomic mass is 9.94. The predicted octanol–water partition coefficient (Wildman–Crippen LogP) is 1.19. The first-order chi connectivity index (χ1) is 7.45. The van der Waals surface area contributed by atoms with Gasteiger partial charge in [-0.05, 0) is 12.6 Å². The van der Waals surface area contributed by atoms with Crippen LogP contribution in [0.2, 0.25) is 0 Å². The molecule has 0 aromatic heterocycles. The van der Waals surface area contributed by atoms with E-state index in [1.165, 1.54) is 0 Å². The molecule has 0 aliphatic heterocycles. The Morgan fingerprint density at radius 2 is 2.06 bits per heavy atom. The highest BCUT2D eigenvalue weighted by molar-refractivity contribution is 5.68. The van der Waals surface area contributed by atoms with E-state index in [-0.39, 0.29) is 12.1 Å². The molecule has 4 nitrogen and oxygen atoms in total. The van der Waals surface area contributed by atoms with E-state index in [0.717, 1.165) is 6.07 Å². The molecule has 16 heavy (non-hydrogen) atoms. The van der Waals surface area contributed by atoms with Gasteiger partial charge in [-0.3, -0.25) is 4.79 Å². The fourth-order valence-corrected chi connectivity index (χ4v) is 1.43. The number of aliphatic carboxylic acids is 1. The van der Waals surface area contributed by atoms with Crippen LogP contribution in [-0.2, 0) is 4.79 Å². The van der Waals surface area contributed by atoms with Gasteiger partial charge in [0.2, 0.25) is 0 Å². The number of aromatic hydroxyl groups is 1. The lowest BCUT2D eigenvalue weighted by Crippen LogP contribution is -2.17. The summed E-state index contributed by atoms with van der Waals surface area (Å²) in [6, 6.07) is 1.41. The normalized spacial score (nSPS) is 12.4. The third kappa shape index (κ3) is 2.66. The maximum atomic E-state index is 13.0. The van der Waals surface area contributed by atoms with E-state index in [0.29, 0.717) is 6.07 Å². The molecule has 1 aromatic rings. The minimum atomic E-state index is -1.15. The van der Waals surface area contributed by atoms with Gasteiger partial charge in [0, 0.05) is 17.5 Å². The van der Waals surface area contributed by atoms with Gasteiger partial charge in [-0.15, -0.1) is 0 Å². The lowest BCUT2D eigenvalue weighted by molar-refractivity contribution is -0.137. The number of nitrogens with two attached hydrogens (primary N) is 1. The first-order valence-corrected chi connectivity index (χ1v) is 4.55. The summed E-state index contributed by atoms with van der Waals surface area (Å²) in [5.41, 5.74) is 5.18. The average Bonchev–Trinajstić information content (AvgIpc) is 2.20. The van der Waals surface area contributed by atoms with Crippen LogP contribution in [0, 0.1) is 11.6 Å². The highest BCUT2D eigenvalue weighted by atomic mass is 19.1. The first-order valence-electron chi connectivity index (χ1n) is 4.55. The Hall–Kier alpha value is -1.69. The van der Waals surface area contributed by atoms with Crippen molar-refractivity contribution in [3.05, 3.63) is 29.3 Å². The topological polar surface area (TPSA) is 83.6 Å². The number of benzene rings is 1. The molecular weight excluding hydrogens is 220 g/mol.